The topological polar surface area (TPSA) is 85.8 Å². The van der Waals surface area contributed by atoms with Gasteiger partial charge in [0.1, 0.15) is 18.3 Å². The van der Waals surface area contributed by atoms with Gasteiger partial charge in [0.2, 0.25) is 5.91 Å². The standard InChI is InChI=1S/C15H20FN5O.ClH/c1-3-15(4-2,8-17)14(22)20-11-5-6-13(12(16)7-11)21-10-18-9-19-21;/h5-7,9-10H,3-4,8,17H2,1-2H3,(H,20,22);1H. The molecule has 0 atom stereocenters. The molecule has 0 saturated carbocycles. The molecule has 0 spiro atoms. The Morgan fingerprint density at radius 1 is 1.39 bits per heavy atom. The third kappa shape index (κ3) is 3.86. The van der Waals surface area contributed by atoms with E-state index in [1.54, 1.807) is 12.1 Å². The van der Waals surface area contributed by atoms with Gasteiger partial charge in [0.25, 0.3) is 0 Å². The molecular formula is C15H21ClFN5O. The first kappa shape index (κ1) is 19.1. The third-order valence-electron chi connectivity index (χ3n) is 4.10. The number of nitrogens with two attached hydrogens (primary N) is 1. The van der Waals surface area contributed by atoms with E-state index in [1.807, 2.05) is 13.8 Å². The van der Waals surface area contributed by atoms with Gasteiger partial charge in [-0.15, -0.1) is 12.4 Å². The lowest BCUT2D eigenvalue weighted by Gasteiger charge is -2.28. The van der Waals surface area contributed by atoms with Gasteiger partial charge in [-0.3, -0.25) is 4.79 Å². The maximum Gasteiger partial charge on any atom is 0.231 e. The molecule has 0 unspecified atom stereocenters. The number of benzene rings is 1. The van der Waals surface area contributed by atoms with Crippen molar-refractivity contribution in [1.29, 1.82) is 0 Å². The molecule has 3 N–H and O–H groups in total. The van der Waals surface area contributed by atoms with Crippen LogP contribution in [0.5, 0.6) is 0 Å². The van der Waals surface area contributed by atoms with E-state index in [1.165, 1.54) is 23.4 Å². The van der Waals surface area contributed by atoms with E-state index in [4.69, 9.17) is 5.73 Å². The van der Waals surface area contributed by atoms with E-state index in [-0.39, 0.29) is 30.5 Å². The summed E-state index contributed by atoms with van der Waals surface area (Å²) in [4.78, 5) is 16.2. The smallest absolute Gasteiger partial charge is 0.231 e. The molecule has 0 aliphatic heterocycles. The van der Waals surface area contributed by atoms with Crippen molar-refractivity contribution in [1.82, 2.24) is 14.8 Å². The van der Waals surface area contributed by atoms with E-state index < -0.39 is 11.2 Å². The molecule has 2 aromatic rings. The van der Waals surface area contributed by atoms with Gasteiger partial charge in [-0.2, -0.15) is 5.10 Å². The summed E-state index contributed by atoms with van der Waals surface area (Å²) in [5, 5.41) is 6.62. The second-order valence-electron chi connectivity index (χ2n) is 5.15. The number of carbonyl (C=O) groups is 1. The van der Waals surface area contributed by atoms with E-state index >= 15 is 0 Å². The third-order valence-corrected chi connectivity index (χ3v) is 4.10. The molecule has 0 aliphatic carbocycles. The zero-order valence-electron chi connectivity index (χ0n) is 13.1. The van der Waals surface area contributed by atoms with Crippen LogP contribution in [-0.4, -0.2) is 27.2 Å². The van der Waals surface area contributed by atoms with Crippen LogP contribution in [-0.2, 0) is 4.79 Å². The number of hydrogen-bond acceptors (Lipinski definition) is 4. The maximum absolute atomic E-state index is 14.1. The number of anilines is 1. The van der Waals surface area contributed by atoms with Crippen LogP contribution in [0.15, 0.2) is 30.9 Å². The monoisotopic (exact) mass is 341 g/mol. The van der Waals surface area contributed by atoms with Crippen LogP contribution in [0.4, 0.5) is 10.1 Å². The summed E-state index contributed by atoms with van der Waals surface area (Å²) in [6.45, 7) is 4.10. The van der Waals surface area contributed by atoms with Gasteiger partial charge in [-0.25, -0.2) is 14.1 Å². The van der Waals surface area contributed by atoms with Gasteiger partial charge < -0.3 is 11.1 Å². The minimum absolute atomic E-state index is 0. The van der Waals surface area contributed by atoms with Crippen LogP contribution in [0.25, 0.3) is 5.69 Å². The molecule has 6 nitrogen and oxygen atoms in total. The van der Waals surface area contributed by atoms with Crippen molar-refractivity contribution in [2.24, 2.45) is 11.1 Å². The SMILES string of the molecule is CCC(CC)(CN)C(=O)Nc1ccc(-n2cncn2)c(F)c1.Cl. The van der Waals surface area contributed by atoms with Gasteiger partial charge in [0.15, 0.2) is 5.82 Å². The Morgan fingerprint density at radius 3 is 2.57 bits per heavy atom. The van der Waals surface area contributed by atoms with Gasteiger partial charge >= 0.3 is 0 Å². The molecular weight excluding hydrogens is 321 g/mol. The highest BCUT2D eigenvalue weighted by Gasteiger charge is 2.33. The van der Waals surface area contributed by atoms with Crippen LogP contribution < -0.4 is 11.1 Å². The zero-order chi connectivity index (χ0) is 16.2. The summed E-state index contributed by atoms with van der Waals surface area (Å²) in [5.74, 6) is -0.678. The van der Waals surface area contributed by atoms with Crippen molar-refractivity contribution in [3.63, 3.8) is 0 Å². The van der Waals surface area contributed by atoms with E-state index in [0.29, 0.717) is 18.5 Å². The number of carbonyl (C=O) groups excluding carboxylic acids is 1. The molecule has 2 rings (SSSR count). The Kier molecular flexibility index (Phi) is 6.65. The molecule has 23 heavy (non-hydrogen) atoms. The molecule has 1 aromatic carbocycles. The van der Waals surface area contributed by atoms with E-state index in [2.05, 4.69) is 15.4 Å². The fourth-order valence-electron chi connectivity index (χ4n) is 2.32. The van der Waals surface area contributed by atoms with Crippen molar-refractivity contribution in [3.05, 3.63) is 36.7 Å². The molecule has 0 radical (unpaired) electrons. The predicted octanol–water partition coefficient (Wildman–Crippen LogP) is 2.53. The number of aromatic nitrogens is 3. The molecule has 0 saturated heterocycles. The maximum atomic E-state index is 14.1. The summed E-state index contributed by atoms with van der Waals surface area (Å²) in [7, 11) is 0. The van der Waals surface area contributed by atoms with Crippen molar-refractivity contribution in [3.8, 4) is 5.69 Å². The van der Waals surface area contributed by atoms with Crippen LogP contribution in [0.2, 0.25) is 0 Å². The highest BCUT2D eigenvalue weighted by atomic mass is 35.5. The van der Waals surface area contributed by atoms with Crippen LogP contribution in [0, 0.1) is 11.2 Å². The van der Waals surface area contributed by atoms with Gasteiger partial charge in [-0.1, -0.05) is 13.8 Å². The fourth-order valence-corrected chi connectivity index (χ4v) is 2.32. The molecule has 126 valence electrons. The molecule has 0 aliphatic rings. The van der Waals surface area contributed by atoms with Crippen molar-refractivity contribution in [2.75, 3.05) is 11.9 Å². The highest BCUT2D eigenvalue weighted by molar-refractivity contribution is 5.95. The lowest BCUT2D eigenvalue weighted by atomic mass is 9.81. The molecule has 1 amide bonds. The van der Waals surface area contributed by atoms with Crippen LogP contribution in [0.3, 0.4) is 0 Å². The molecule has 0 bridgehead atoms. The van der Waals surface area contributed by atoms with Crippen molar-refractivity contribution >= 4 is 24.0 Å². The molecule has 1 aromatic heterocycles. The second-order valence-corrected chi connectivity index (χ2v) is 5.15. The minimum Gasteiger partial charge on any atom is -0.329 e. The number of hydrogen-bond donors (Lipinski definition) is 2. The summed E-state index contributed by atoms with van der Waals surface area (Å²) in [5.41, 5.74) is 5.79. The Hall–Kier alpha value is -1.99. The number of halogens is 2. The first-order chi connectivity index (χ1) is 10.6. The van der Waals surface area contributed by atoms with E-state index in [9.17, 15) is 9.18 Å². The highest BCUT2D eigenvalue weighted by Crippen LogP contribution is 2.27. The van der Waals surface area contributed by atoms with Crippen LogP contribution in [0.1, 0.15) is 26.7 Å². The minimum atomic E-state index is -0.624. The number of amides is 1. The molecule has 8 heteroatoms. The molecule has 0 fully saturated rings. The lowest BCUT2D eigenvalue weighted by molar-refractivity contribution is -0.125. The number of nitrogens with zero attached hydrogens (tertiary/aromatic N) is 3. The number of nitrogens with one attached hydrogen (secondary N) is 1. The second kappa shape index (κ2) is 8.03. The van der Waals surface area contributed by atoms with Crippen LogP contribution >= 0.6 is 12.4 Å². The Bertz CT molecular complexity index is 635. The van der Waals surface area contributed by atoms with Crippen molar-refractivity contribution < 1.29 is 9.18 Å². The predicted molar refractivity (Wildman–Crippen MR) is 89.3 cm³/mol. The summed E-state index contributed by atoms with van der Waals surface area (Å²) >= 11 is 0. The van der Waals surface area contributed by atoms with Gasteiger partial charge in [0.05, 0.1) is 5.41 Å². The summed E-state index contributed by atoms with van der Waals surface area (Å²) in [6.07, 6.45) is 3.99. The summed E-state index contributed by atoms with van der Waals surface area (Å²) in [6, 6.07) is 4.44. The van der Waals surface area contributed by atoms with Gasteiger partial charge in [0, 0.05) is 12.2 Å². The first-order valence-corrected chi connectivity index (χ1v) is 7.22. The Labute approximate surface area is 140 Å². The molecule has 1 heterocycles. The van der Waals surface area contributed by atoms with Crippen molar-refractivity contribution in [2.45, 2.75) is 26.7 Å². The van der Waals surface area contributed by atoms with E-state index in [0.717, 1.165) is 0 Å². The number of rotatable bonds is 6. The largest absolute Gasteiger partial charge is 0.329 e. The quantitative estimate of drug-likeness (QED) is 0.845. The first-order valence-electron chi connectivity index (χ1n) is 7.22. The fraction of sp³-hybridized carbons (Fsp3) is 0.400. The lowest BCUT2D eigenvalue weighted by Crippen LogP contribution is -2.41. The Morgan fingerprint density at radius 2 is 2.09 bits per heavy atom. The normalized spacial score (nSPS) is 11.0. The Balaban J connectivity index is 0.00000264. The summed E-state index contributed by atoms with van der Waals surface area (Å²) < 4.78 is 15.5. The zero-order valence-corrected chi connectivity index (χ0v) is 13.9. The average Bonchev–Trinajstić information content (AvgIpc) is 3.04. The van der Waals surface area contributed by atoms with Gasteiger partial charge in [-0.05, 0) is 31.0 Å². The average molecular weight is 342 g/mol.